The first kappa shape index (κ1) is 26.1. The summed E-state index contributed by atoms with van der Waals surface area (Å²) in [6.45, 7) is 0.848. The van der Waals surface area contributed by atoms with Crippen molar-refractivity contribution in [3.05, 3.63) is 64.3 Å². The molecule has 11 heteroatoms. The van der Waals surface area contributed by atoms with Gasteiger partial charge in [-0.1, -0.05) is 12.1 Å². The van der Waals surface area contributed by atoms with Gasteiger partial charge >= 0.3 is 0 Å². The van der Waals surface area contributed by atoms with E-state index in [1.165, 1.54) is 12.1 Å². The Kier molecular flexibility index (Phi) is 8.67. The van der Waals surface area contributed by atoms with Crippen molar-refractivity contribution < 1.29 is 30.5 Å². The van der Waals surface area contributed by atoms with Gasteiger partial charge in [0.2, 0.25) is 11.2 Å². The summed E-state index contributed by atoms with van der Waals surface area (Å²) in [5, 5.41) is 0.848. The Bertz CT molecular complexity index is 1290. The number of hydrogen-bond acceptors (Lipinski definition) is 8. The molecule has 7 nitrogen and oxygen atoms in total. The Labute approximate surface area is 200 Å². The average Bonchev–Trinajstić information content (AvgIpc) is 2.76. The molecule has 0 bridgehead atoms. The Morgan fingerprint density at radius 3 is 2.65 bits per heavy atom. The molecule has 3 aromatic rings. The highest BCUT2D eigenvalue weighted by Gasteiger charge is 2.24. The van der Waals surface area contributed by atoms with Gasteiger partial charge in [0.1, 0.15) is 18.6 Å². The zero-order valence-electron chi connectivity index (χ0n) is 18.8. The SMILES string of the molecule is CC(F)(F)c1ccc2c(SCCCCCOc3coc(COS(C)(=O)=O)cc3=O)ccnc2c1. The molecule has 1 aromatic carbocycles. The minimum atomic E-state index is -3.63. The quantitative estimate of drug-likeness (QED) is 0.187. The Balaban J connectivity index is 1.41. The predicted molar refractivity (Wildman–Crippen MR) is 126 cm³/mol. The molecule has 0 aliphatic heterocycles. The Morgan fingerprint density at radius 1 is 1.15 bits per heavy atom. The molecular weight excluding hydrogens is 488 g/mol. The zero-order chi connectivity index (χ0) is 24.8. The number of aromatic nitrogens is 1. The maximum absolute atomic E-state index is 13.6. The van der Waals surface area contributed by atoms with E-state index in [-0.39, 0.29) is 23.7 Å². The van der Waals surface area contributed by atoms with E-state index in [1.54, 1.807) is 24.0 Å². The summed E-state index contributed by atoms with van der Waals surface area (Å²) in [7, 11) is -3.63. The molecule has 0 radical (unpaired) electrons. The van der Waals surface area contributed by atoms with Crippen LogP contribution in [0.3, 0.4) is 0 Å². The normalized spacial score (nSPS) is 12.2. The third-order valence-corrected chi connectivity index (χ3v) is 6.49. The van der Waals surface area contributed by atoms with Crippen LogP contribution in [0.5, 0.6) is 5.75 Å². The van der Waals surface area contributed by atoms with Gasteiger partial charge in [-0.15, -0.1) is 11.8 Å². The largest absolute Gasteiger partial charge is 0.487 e. The first-order valence-electron chi connectivity index (χ1n) is 10.5. The number of ether oxygens (including phenoxy) is 1. The van der Waals surface area contributed by atoms with Gasteiger partial charge in [-0.05, 0) is 37.1 Å². The van der Waals surface area contributed by atoms with E-state index in [0.717, 1.165) is 60.8 Å². The molecule has 2 heterocycles. The number of nitrogens with zero attached hydrogens (tertiary/aromatic N) is 1. The Hall–Kier alpha value is -2.50. The van der Waals surface area contributed by atoms with Gasteiger partial charge in [-0.25, -0.2) is 8.78 Å². The molecule has 0 aliphatic rings. The molecule has 0 saturated carbocycles. The number of hydrogen-bond donors (Lipinski definition) is 0. The summed E-state index contributed by atoms with van der Waals surface area (Å²) in [4.78, 5) is 17.2. The maximum Gasteiger partial charge on any atom is 0.270 e. The fourth-order valence-electron chi connectivity index (χ4n) is 3.05. The minimum Gasteiger partial charge on any atom is -0.487 e. The molecule has 0 fully saturated rings. The number of thioether (sulfide) groups is 1. The van der Waals surface area contributed by atoms with Gasteiger partial charge < -0.3 is 9.15 Å². The molecule has 34 heavy (non-hydrogen) atoms. The molecule has 0 spiro atoms. The van der Waals surface area contributed by atoms with Crippen LogP contribution in [0.4, 0.5) is 8.78 Å². The van der Waals surface area contributed by atoms with Crippen molar-refractivity contribution in [1.82, 2.24) is 4.98 Å². The number of rotatable bonds is 12. The number of alkyl halides is 2. The van der Waals surface area contributed by atoms with Crippen molar-refractivity contribution in [3.8, 4) is 5.75 Å². The van der Waals surface area contributed by atoms with Gasteiger partial charge in [-0.2, -0.15) is 8.42 Å². The summed E-state index contributed by atoms with van der Waals surface area (Å²) < 4.78 is 64.3. The third kappa shape index (κ3) is 7.78. The molecule has 0 atom stereocenters. The van der Waals surface area contributed by atoms with Crippen molar-refractivity contribution in [2.45, 2.75) is 43.6 Å². The summed E-state index contributed by atoms with van der Waals surface area (Å²) in [6.07, 6.45) is 6.18. The molecule has 0 unspecified atom stereocenters. The number of unbranched alkanes of at least 4 members (excludes halogenated alkanes) is 2. The zero-order valence-corrected chi connectivity index (χ0v) is 20.4. The van der Waals surface area contributed by atoms with E-state index in [4.69, 9.17) is 9.15 Å². The lowest BCUT2D eigenvalue weighted by atomic mass is 10.1. The molecule has 3 rings (SSSR count). The second-order valence-corrected chi connectivity index (χ2v) is 10.5. The van der Waals surface area contributed by atoms with Crippen LogP contribution in [0.25, 0.3) is 10.9 Å². The monoisotopic (exact) mass is 513 g/mol. The van der Waals surface area contributed by atoms with Crippen molar-refractivity contribution in [1.29, 1.82) is 0 Å². The van der Waals surface area contributed by atoms with E-state index >= 15 is 0 Å². The summed E-state index contributed by atoms with van der Waals surface area (Å²) >= 11 is 1.64. The maximum atomic E-state index is 13.6. The second kappa shape index (κ2) is 11.3. The first-order valence-corrected chi connectivity index (χ1v) is 13.3. The lowest BCUT2D eigenvalue weighted by Gasteiger charge is -2.12. The summed E-state index contributed by atoms with van der Waals surface area (Å²) in [5.74, 6) is -1.93. The highest BCUT2D eigenvalue weighted by molar-refractivity contribution is 7.99. The second-order valence-electron chi connectivity index (χ2n) is 7.73. The fourth-order valence-corrected chi connectivity index (χ4v) is 4.43. The lowest BCUT2D eigenvalue weighted by molar-refractivity contribution is 0.0176. The fraction of sp³-hybridized carbons (Fsp3) is 0.391. The Morgan fingerprint density at radius 2 is 1.94 bits per heavy atom. The predicted octanol–water partition coefficient (Wildman–Crippen LogP) is 5.12. The van der Waals surface area contributed by atoms with Crippen LogP contribution >= 0.6 is 11.8 Å². The van der Waals surface area contributed by atoms with E-state index in [2.05, 4.69) is 9.17 Å². The van der Waals surface area contributed by atoms with Crippen molar-refractivity contribution >= 4 is 32.8 Å². The van der Waals surface area contributed by atoms with E-state index in [0.29, 0.717) is 12.1 Å². The van der Waals surface area contributed by atoms with Crippen molar-refractivity contribution in [2.75, 3.05) is 18.6 Å². The smallest absolute Gasteiger partial charge is 0.270 e. The highest BCUT2D eigenvalue weighted by atomic mass is 32.2. The number of fused-ring (bicyclic) bond motifs is 1. The third-order valence-electron chi connectivity index (χ3n) is 4.78. The average molecular weight is 514 g/mol. The van der Waals surface area contributed by atoms with Crippen LogP contribution in [0.15, 0.2) is 56.9 Å². The topological polar surface area (TPSA) is 95.7 Å². The number of pyridine rings is 1. The van der Waals surface area contributed by atoms with Gasteiger partial charge in [0.15, 0.2) is 0 Å². The van der Waals surface area contributed by atoms with Crippen LogP contribution in [-0.4, -0.2) is 32.0 Å². The first-order chi connectivity index (χ1) is 16.0. The molecule has 184 valence electrons. The molecule has 0 amide bonds. The van der Waals surface area contributed by atoms with Crippen LogP contribution in [0, 0.1) is 0 Å². The van der Waals surface area contributed by atoms with E-state index in [1.807, 2.05) is 6.07 Å². The standard InChI is InChI=1S/C23H25F2NO6S2/c1-23(24,25)16-6-7-18-19(12-16)26-9-8-22(18)33-11-5-3-4-10-30-21-15-31-17(13-20(21)27)14-32-34(2,28)29/h6-9,12-13,15H,3-5,10-11,14H2,1-2H3. The van der Waals surface area contributed by atoms with Gasteiger partial charge in [-0.3, -0.25) is 14.0 Å². The molecule has 2 aromatic heterocycles. The van der Waals surface area contributed by atoms with Crippen LogP contribution in [0.1, 0.15) is 37.5 Å². The molecule has 0 N–H and O–H groups in total. The molecular formula is C23H25F2NO6S2. The van der Waals surface area contributed by atoms with Crippen molar-refractivity contribution in [3.63, 3.8) is 0 Å². The van der Waals surface area contributed by atoms with E-state index < -0.39 is 21.5 Å². The van der Waals surface area contributed by atoms with Crippen molar-refractivity contribution in [2.24, 2.45) is 0 Å². The van der Waals surface area contributed by atoms with E-state index in [9.17, 15) is 22.0 Å². The number of halogens is 2. The lowest BCUT2D eigenvalue weighted by Crippen LogP contribution is -2.10. The van der Waals surface area contributed by atoms with Crippen LogP contribution < -0.4 is 10.2 Å². The van der Waals surface area contributed by atoms with Crippen LogP contribution in [0.2, 0.25) is 0 Å². The van der Waals surface area contributed by atoms with Crippen LogP contribution in [-0.2, 0) is 26.8 Å². The molecule has 0 aliphatic carbocycles. The van der Waals surface area contributed by atoms with Gasteiger partial charge in [0.25, 0.3) is 16.0 Å². The van der Waals surface area contributed by atoms with Gasteiger partial charge in [0, 0.05) is 35.0 Å². The molecule has 0 saturated heterocycles. The summed E-state index contributed by atoms with van der Waals surface area (Å²) in [6, 6.07) is 7.58. The van der Waals surface area contributed by atoms with Gasteiger partial charge in [0.05, 0.1) is 18.4 Å². The number of benzene rings is 1. The summed E-state index contributed by atoms with van der Waals surface area (Å²) in [5.41, 5.74) is 0.0770. The minimum absolute atomic E-state index is 0.0535. The highest BCUT2D eigenvalue weighted by Crippen LogP contribution is 2.32.